The van der Waals surface area contributed by atoms with Gasteiger partial charge in [0.1, 0.15) is 5.75 Å². The zero-order valence-corrected chi connectivity index (χ0v) is 20.2. The van der Waals surface area contributed by atoms with E-state index in [1.165, 1.54) is 0 Å². The monoisotopic (exact) mass is 524 g/mol. The van der Waals surface area contributed by atoms with Gasteiger partial charge in [0, 0.05) is 32.6 Å². The van der Waals surface area contributed by atoms with Gasteiger partial charge in [-0.25, -0.2) is 0 Å². The predicted octanol–water partition coefficient (Wildman–Crippen LogP) is 6.56. The lowest BCUT2D eigenvalue weighted by Gasteiger charge is -2.26. The number of hydrogen-bond donors (Lipinski definition) is 0. The summed E-state index contributed by atoms with van der Waals surface area (Å²) in [6.07, 6.45) is -1.01. The lowest BCUT2D eigenvalue weighted by atomic mass is 9.74. The molecule has 0 amide bonds. The molecule has 1 heterocycles. The summed E-state index contributed by atoms with van der Waals surface area (Å²) in [5.74, 6) is -2.34. The van der Waals surface area contributed by atoms with E-state index in [-0.39, 0.29) is 17.3 Å². The average molecular weight is 525 g/mol. The lowest BCUT2D eigenvalue weighted by molar-refractivity contribution is 0.0669. The second-order valence-electron chi connectivity index (χ2n) is 8.41. The Bertz CT molecular complexity index is 1330. The third kappa shape index (κ3) is 4.47. The molecule has 172 valence electrons. The Balaban J connectivity index is 1.65. The van der Waals surface area contributed by atoms with Crippen LogP contribution in [-0.2, 0) is 0 Å². The van der Waals surface area contributed by atoms with E-state index < -0.39 is 17.9 Å². The maximum Gasteiger partial charge on any atom is 0.203 e. The van der Waals surface area contributed by atoms with E-state index in [2.05, 4.69) is 15.9 Å². The molecule has 35 heavy (non-hydrogen) atoms. The van der Waals surface area contributed by atoms with Crippen molar-refractivity contribution in [2.45, 2.75) is 12.0 Å². The summed E-state index contributed by atoms with van der Waals surface area (Å²) in [5, 5.41) is 0. The SMILES string of the molecule is O=C(c1ccc(Br)cc1)C1Oc2ccccc2C1C(C(=O)c1ccccc1)C(=O)c1ccccc1. The van der Waals surface area contributed by atoms with Crippen LogP contribution in [0.2, 0.25) is 0 Å². The molecule has 2 atom stereocenters. The van der Waals surface area contributed by atoms with Crippen LogP contribution in [0.1, 0.15) is 42.6 Å². The number of ether oxygens (including phenoxy) is 1. The Labute approximate surface area is 211 Å². The molecule has 1 aliphatic rings. The van der Waals surface area contributed by atoms with Gasteiger partial charge in [-0.2, -0.15) is 0 Å². The highest BCUT2D eigenvalue weighted by atomic mass is 79.9. The standard InChI is InChI=1S/C30H21BrO4/c31-22-17-15-21(16-18-22)29(34)30-25(23-13-7-8-14-24(23)35-30)26(27(32)19-9-3-1-4-10-19)28(33)20-11-5-2-6-12-20/h1-18,25-26,30H. The second kappa shape index (κ2) is 9.80. The molecule has 0 saturated heterocycles. The van der Waals surface area contributed by atoms with Crippen LogP contribution in [0.5, 0.6) is 5.75 Å². The summed E-state index contributed by atoms with van der Waals surface area (Å²) in [6, 6.07) is 31.7. The number of benzene rings is 4. The molecular weight excluding hydrogens is 504 g/mol. The number of para-hydroxylation sites is 1. The summed E-state index contributed by atoms with van der Waals surface area (Å²) < 4.78 is 7.00. The van der Waals surface area contributed by atoms with Crippen molar-refractivity contribution in [3.8, 4) is 5.75 Å². The molecule has 5 heteroatoms. The van der Waals surface area contributed by atoms with E-state index in [9.17, 15) is 14.4 Å². The topological polar surface area (TPSA) is 60.4 Å². The number of Topliss-reactive ketones (excluding diaryl/α,β-unsaturated/α-hetero) is 3. The van der Waals surface area contributed by atoms with Crippen molar-refractivity contribution in [2.75, 3.05) is 0 Å². The van der Waals surface area contributed by atoms with Crippen LogP contribution in [0.25, 0.3) is 0 Å². The number of carbonyl (C=O) groups excluding carboxylic acids is 3. The fourth-order valence-corrected chi connectivity index (χ4v) is 4.86. The van der Waals surface area contributed by atoms with Crippen molar-refractivity contribution < 1.29 is 19.1 Å². The Morgan fingerprint density at radius 3 is 1.71 bits per heavy atom. The number of rotatable bonds is 7. The Kier molecular flexibility index (Phi) is 6.43. The highest BCUT2D eigenvalue weighted by Crippen LogP contribution is 2.45. The molecule has 5 rings (SSSR count). The Morgan fingerprint density at radius 1 is 0.629 bits per heavy atom. The van der Waals surface area contributed by atoms with E-state index in [1.54, 1.807) is 78.9 Å². The van der Waals surface area contributed by atoms with Crippen molar-refractivity contribution in [3.63, 3.8) is 0 Å². The molecule has 0 saturated carbocycles. The first-order valence-electron chi connectivity index (χ1n) is 11.3. The number of halogens is 1. The van der Waals surface area contributed by atoms with Gasteiger partial charge >= 0.3 is 0 Å². The smallest absolute Gasteiger partial charge is 0.203 e. The molecule has 1 aliphatic heterocycles. The van der Waals surface area contributed by atoms with Gasteiger partial charge in [-0.3, -0.25) is 14.4 Å². The maximum atomic E-state index is 13.9. The van der Waals surface area contributed by atoms with Gasteiger partial charge in [0.15, 0.2) is 17.7 Å². The maximum absolute atomic E-state index is 13.9. The molecule has 0 aliphatic carbocycles. The van der Waals surface area contributed by atoms with Gasteiger partial charge in [0.2, 0.25) is 5.78 Å². The predicted molar refractivity (Wildman–Crippen MR) is 137 cm³/mol. The van der Waals surface area contributed by atoms with Crippen molar-refractivity contribution in [2.24, 2.45) is 5.92 Å². The van der Waals surface area contributed by atoms with Crippen LogP contribution in [0.4, 0.5) is 0 Å². The molecule has 4 nitrogen and oxygen atoms in total. The van der Waals surface area contributed by atoms with E-state index in [0.29, 0.717) is 28.0 Å². The minimum absolute atomic E-state index is 0.273. The second-order valence-corrected chi connectivity index (χ2v) is 9.33. The molecule has 0 fully saturated rings. The number of hydrogen-bond acceptors (Lipinski definition) is 4. The minimum Gasteiger partial charge on any atom is -0.481 e. The Morgan fingerprint density at radius 2 is 1.14 bits per heavy atom. The third-order valence-corrected chi connectivity index (χ3v) is 6.81. The van der Waals surface area contributed by atoms with E-state index in [1.807, 2.05) is 30.3 Å². The molecule has 4 aromatic rings. The summed E-state index contributed by atoms with van der Waals surface area (Å²) >= 11 is 3.39. The number of fused-ring (bicyclic) bond motifs is 1. The normalized spacial score (nSPS) is 16.4. The van der Waals surface area contributed by atoms with Crippen molar-refractivity contribution in [1.82, 2.24) is 0 Å². The quantitative estimate of drug-likeness (QED) is 0.203. The number of ketones is 3. The summed E-state index contributed by atoms with van der Waals surface area (Å²) in [5.41, 5.74) is 1.97. The van der Waals surface area contributed by atoms with Crippen LogP contribution in [-0.4, -0.2) is 23.5 Å². The fraction of sp³-hybridized carbons (Fsp3) is 0.100. The molecule has 0 aromatic heterocycles. The summed E-state index contributed by atoms with van der Waals surface area (Å²) in [6.45, 7) is 0. The highest BCUT2D eigenvalue weighted by molar-refractivity contribution is 9.10. The van der Waals surface area contributed by atoms with E-state index in [4.69, 9.17) is 4.74 Å². The zero-order valence-electron chi connectivity index (χ0n) is 18.6. The average Bonchev–Trinajstić information content (AvgIpc) is 3.29. The third-order valence-electron chi connectivity index (χ3n) is 6.29. The zero-order chi connectivity index (χ0) is 24.4. The number of carbonyl (C=O) groups is 3. The van der Waals surface area contributed by atoms with Gasteiger partial charge < -0.3 is 4.74 Å². The lowest BCUT2D eigenvalue weighted by Crippen LogP contribution is -2.40. The highest BCUT2D eigenvalue weighted by Gasteiger charge is 2.49. The summed E-state index contributed by atoms with van der Waals surface area (Å²) in [4.78, 5) is 41.5. The van der Waals surface area contributed by atoms with Gasteiger partial charge in [-0.05, 0) is 18.2 Å². The largest absolute Gasteiger partial charge is 0.481 e. The van der Waals surface area contributed by atoms with Gasteiger partial charge in [-0.1, -0.05) is 107 Å². The molecular formula is C30H21BrO4. The first-order valence-corrected chi connectivity index (χ1v) is 12.1. The van der Waals surface area contributed by atoms with Crippen molar-refractivity contribution >= 4 is 33.3 Å². The van der Waals surface area contributed by atoms with Gasteiger partial charge in [0.05, 0.1) is 5.92 Å². The van der Waals surface area contributed by atoms with Crippen LogP contribution in [0.3, 0.4) is 0 Å². The molecule has 0 bridgehead atoms. The molecule has 0 radical (unpaired) electrons. The van der Waals surface area contributed by atoms with E-state index in [0.717, 1.165) is 4.47 Å². The summed E-state index contributed by atoms with van der Waals surface area (Å²) in [7, 11) is 0. The minimum atomic E-state index is -1.13. The van der Waals surface area contributed by atoms with Crippen molar-refractivity contribution in [1.29, 1.82) is 0 Å². The Hall–Kier alpha value is -3.83. The molecule has 0 spiro atoms. The molecule has 2 unspecified atom stereocenters. The van der Waals surface area contributed by atoms with Crippen LogP contribution >= 0.6 is 15.9 Å². The first kappa shape index (κ1) is 22.9. The molecule has 4 aromatic carbocycles. The van der Waals surface area contributed by atoms with Gasteiger partial charge in [0.25, 0.3) is 0 Å². The van der Waals surface area contributed by atoms with Crippen molar-refractivity contribution in [3.05, 3.63) is 136 Å². The van der Waals surface area contributed by atoms with Crippen LogP contribution in [0.15, 0.2) is 114 Å². The van der Waals surface area contributed by atoms with E-state index >= 15 is 0 Å². The molecule has 0 N–H and O–H groups in total. The van der Waals surface area contributed by atoms with Gasteiger partial charge in [-0.15, -0.1) is 0 Å². The van der Waals surface area contributed by atoms with Crippen LogP contribution < -0.4 is 4.74 Å². The van der Waals surface area contributed by atoms with Crippen LogP contribution in [0, 0.1) is 5.92 Å². The first-order chi connectivity index (χ1) is 17.0. The fourth-order valence-electron chi connectivity index (χ4n) is 4.59.